The number of benzene rings is 1. The first-order valence-electron chi connectivity index (χ1n) is 10.7. The Morgan fingerprint density at radius 3 is 2.83 bits per heavy atom. The van der Waals surface area contributed by atoms with Crippen LogP contribution in [0.1, 0.15) is 23.7 Å². The molecule has 1 aromatic carbocycles. The molecule has 0 radical (unpaired) electrons. The van der Waals surface area contributed by atoms with Gasteiger partial charge in [-0.3, -0.25) is 4.68 Å². The number of tetrazole rings is 1. The van der Waals surface area contributed by atoms with Gasteiger partial charge in [0.15, 0.2) is 6.20 Å². The van der Waals surface area contributed by atoms with Crippen molar-refractivity contribution in [2.45, 2.75) is 18.9 Å². The molecule has 0 bridgehead atoms. The van der Waals surface area contributed by atoms with Crippen molar-refractivity contribution in [2.75, 3.05) is 5.73 Å². The number of hydrogen-bond donors (Lipinski definition) is 1. The van der Waals surface area contributed by atoms with Crippen LogP contribution in [-0.4, -0.2) is 35.0 Å². The maximum absolute atomic E-state index is 14.3. The molecule has 0 amide bonds. The molecule has 0 saturated heterocycles. The maximum atomic E-state index is 14.3. The van der Waals surface area contributed by atoms with E-state index in [0.29, 0.717) is 45.9 Å². The van der Waals surface area contributed by atoms with Gasteiger partial charge in [-0.25, -0.2) is 4.98 Å². The predicted molar refractivity (Wildman–Crippen MR) is 125 cm³/mol. The summed E-state index contributed by atoms with van der Waals surface area (Å²) in [6.07, 6.45) is 7.64. The molecule has 6 rings (SSSR count). The van der Waals surface area contributed by atoms with E-state index in [1.165, 1.54) is 23.3 Å². The van der Waals surface area contributed by atoms with E-state index in [0.717, 1.165) is 15.9 Å². The Bertz CT molecular complexity index is 1570. The normalized spacial score (nSPS) is 14.9. The summed E-state index contributed by atoms with van der Waals surface area (Å²) in [5, 5.41) is 29.6. The highest BCUT2D eigenvalue weighted by atomic mass is 35.5. The van der Waals surface area contributed by atoms with Crippen LogP contribution in [0, 0.1) is 11.2 Å². The molecule has 10 nitrogen and oxygen atoms in total. The van der Waals surface area contributed by atoms with E-state index < -0.39 is 5.95 Å². The zero-order valence-electron chi connectivity index (χ0n) is 18.1. The highest BCUT2D eigenvalue weighted by Gasteiger charge is 2.34. The number of rotatable bonds is 4. The Labute approximate surface area is 203 Å². The summed E-state index contributed by atoms with van der Waals surface area (Å²) in [6, 6.07) is 10.1. The van der Waals surface area contributed by atoms with E-state index in [2.05, 4.69) is 25.6 Å². The van der Waals surface area contributed by atoms with Gasteiger partial charge in [0.05, 0.1) is 11.9 Å². The van der Waals surface area contributed by atoms with Gasteiger partial charge in [0.25, 0.3) is 0 Å². The Balaban J connectivity index is 1.38. The quantitative estimate of drug-likeness (QED) is 0.233. The second-order valence-corrected chi connectivity index (χ2v) is 8.66. The van der Waals surface area contributed by atoms with Crippen molar-refractivity contribution in [3.05, 3.63) is 88.8 Å². The summed E-state index contributed by atoms with van der Waals surface area (Å²) in [4.78, 5) is 3.67. The zero-order valence-corrected chi connectivity index (χ0v) is 18.8. The summed E-state index contributed by atoms with van der Waals surface area (Å²) >= 11 is 6.27. The van der Waals surface area contributed by atoms with E-state index in [4.69, 9.17) is 17.3 Å². The Kier molecular flexibility index (Phi) is 4.92. The van der Waals surface area contributed by atoms with Crippen LogP contribution >= 0.6 is 11.6 Å². The van der Waals surface area contributed by atoms with Gasteiger partial charge in [0, 0.05) is 39.0 Å². The lowest BCUT2D eigenvalue weighted by atomic mass is 10.0. The van der Waals surface area contributed by atoms with Crippen LogP contribution in [0.2, 0.25) is 5.02 Å². The third kappa shape index (κ3) is 3.66. The molecule has 0 fully saturated rings. The predicted octanol–water partition coefficient (Wildman–Crippen LogP) is 3.13. The van der Waals surface area contributed by atoms with Gasteiger partial charge in [-0.05, 0) is 59.7 Å². The van der Waals surface area contributed by atoms with Gasteiger partial charge in [0.2, 0.25) is 11.6 Å². The molecule has 1 aliphatic rings. The van der Waals surface area contributed by atoms with Crippen molar-refractivity contribution >= 4 is 17.4 Å². The highest BCUT2D eigenvalue weighted by molar-refractivity contribution is 6.31. The number of anilines is 1. The number of halogens is 2. The van der Waals surface area contributed by atoms with Crippen LogP contribution in [-0.2, 0) is 6.42 Å². The van der Waals surface area contributed by atoms with Gasteiger partial charge in [0.1, 0.15) is 18.2 Å². The Hall–Kier alpha value is -4.38. The molecular weight excluding hydrogens is 473 g/mol. The average molecular weight is 490 g/mol. The molecule has 1 unspecified atom stereocenters. The summed E-state index contributed by atoms with van der Waals surface area (Å²) < 4.78 is 18.4. The van der Waals surface area contributed by atoms with Gasteiger partial charge in [-0.15, -0.1) is 5.10 Å². The van der Waals surface area contributed by atoms with E-state index in [1.54, 1.807) is 41.3 Å². The number of pyridine rings is 2. The molecule has 12 heteroatoms. The van der Waals surface area contributed by atoms with Crippen molar-refractivity contribution in [3.8, 4) is 27.9 Å². The molecular formula is C23H17ClFN9O. The van der Waals surface area contributed by atoms with Crippen LogP contribution < -0.4 is 10.5 Å². The number of nitrogens with zero attached hydrogens (tertiary/aromatic N) is 8. The maximum Gasteiger partial charge on any atom is 0.222 e. The largest absolute Gasteiger partial charge is 0.618 e. The second-order valence-electron chi connectivity index (χ2n) is 8.22. The number of fused-ring (bicyclic) bond motifs is 1. The van der Waals surface area contributed by atoms with Gasteiger partial charge < -0.3 is 10.9 Å². The lowest BCUT2D eigenvalue weighted by Crippen LogP contribution is -2.34. The number of aromatic nitrogens is 8. The number of nitrogens with two attached hydrogens (primary N) is 1. The summed E-state index contributed by atoms with van der Waals surface area (Å²) in [7, 11) is 0. The molecule has 0 saturated carbocycles. The molecule has 4 aromatic heterocycles. The fourth-order valence-electron chi connectivity index (χ4n) is 4.55. The molecule has 0 spiro atoms. The van der Waals surface area contributed by atoms with Gasteiger partial charge in [-0.1, -0.05) is 11.6 Å². The topological polar surface area (TPSA) is 127 Å². The minimum Gasteiger partial charge on any atom is -0.618 e. The minimum atomic E-state index is -0.667. The van der Waals surface area contributed by atoms with Crippen LogP contribution in [0.5, 0.6) is 0 Å². The zero-order chi connectivity index (χ0) is 24.1. The lowest BCUT2D eigenvalue weighted by molar-refractivity contribution is -0.615. The Morgan fingerprint density at radius 2 is 2.03 bits per heavy atom. The summed E-state index contributed by atoms with van der Waals surface area (Å²) in [6.45, 7) is 0. The molecule has 1 aliphatic carbocycles. The molecule has 5 aromatic rings. The summed E-state index contributed by atoms with van der Waals surface area (Å²) in [5.41, 5.74) is 10.0. The first-order valence-corrected chi connectivity index (χ1v) is 11.1. The van der Waals surface area contributed by atoms with Crippen LogP contribution in [0.25, 0.3) is 27.9 Å². The van der Waals surface area contributed by atoms with Crippen LogP contribution in [0.15, 0.2) is 61.3 Å². The van der Waals surface area contributed by atoms with Gasteiger partial charge >= 0.3 is 0 Å². The molecule has 174 valence electrons. The summed E-state index contributed by atoms with van der Waals surface area (Å²) in [5.74, 6) is -0.561. The average Bonchev–Trinajstić information content (AvgIpc) is 3.59. The van der Waals surface area contributed by atoms with E-state index in [1.807, 2.05) is 6.07 Å². The van der Waals surface area contributed by atoms with E-state index in [9.17, 15) is 9.60 Å². The lowest BCUT2D eigenvalue weighted by Gasteiger charge is -2.14. The SMILES string of the molecule is Nc1ccc(-c2cnn(C3CCc4cc(-c5cc(Cl)ccc5-n5cnnn5)c[n+]([O-])c43)c2)c(F)n1. The first-order chi connectivity index (χ1) is 17.0. The molecule has 35 heavy (non-hydrogen) atoms. The smallest absolute Gasteiger partial charge is 0.222 e. The first kappa shape index (κ1) is 21.2. The second kappa shape index (κ2) is 8.13. The third-order valence-electron chi connectivity index (χ3n) is 6.12. The van der Waals surface area contributed by atoms with Crippen LogP contribution in [0.4, 0.5) is 10.2 Å². The monoisotopic (exact) mass is 489 g/mol. The van der Waals surface area contributed by atoms with Crippen molar-refractivity contribution in [1.29, 1.82) is 0 Å². The third-order valence-corrected chi connectivity index (χ3v) is 6.36. The molecule has 1 atom stereocenters. The van der Waals surface area contributed by atoms with Gasteiger partial charge in [-0.2, -0.15) is 18.9 Å². The van der Waals surface area contributed by atoms with E-state index >= 15 is 0 Å². The molecule has 4 heterocycles. The minimum absolute atomic E-state index is 0.106. The molecule has 0 aliphatic heterocycles. The molecule has 2 N–H and O–H groups in total. The fraction of sp³-hybridized carbons (Fsp3) is 0.130. The van der Waals surface area contributed by atoms with Crippen molar-refractivity contribution < 1.29 is 9.12 Å². The number of aryl methyl sites for hydroxylation is 1. The van der Waals surface area contributed by atoms with Crippen LogP contribution in [0.3, 0.4) is 0 Å². The Morgan fingerprint density at radius 1 is 1.14 bits per heavy atom. The van der Waals surface area contributed by atoms with Crippen molar-refractivity contribution in [2.24, 2.45) is 0 Å². The van der Waals surface area contributed by atoms with Crippen molar-refractivity contribution in [3.63, 3.8) is 0 Å². The number of hydrogen-bond acceptors (Lipinski definition) is 7. The standard InChI is InChI=1S/C23H17ClFN9O/c24-16-2-5-19(33-12-27-30-31-33)18(8-16)14-7-13-1-4-20(22(13)34(35)11-14)32-10-15(9-28-32)17-3-6-21(26)29-23(17)25/h2-3,5-12,20H,1,4H2,(H2,26,29). The fourth-order valence-corrected chi connectivity index (χ4v) is 4.73. The van der Waals surface area contributed by atoms with E-state index in [-0.39, 0.29) is 11.9 Å². The highest BCUT2D eigenvalue weighted by Crippen LogP contribution is 2.36. The van der Waals surface area contributed by atoms with Crippen molar-refractivity contribution in [1.82, 2.24) is 35.0 Å². The number of nitrogen functional groups attached to an aromatic ring is 1.